The molecule has 0 aliphatic carbocycles. The topological polar surface area (TPSA) is 58.4 Å². The first-order valence-electron chi connectivity index (χ1n) is 8.58. The number of rotatable bonds is 6. The highest BCUT2D eigenvalue weighted by Gasteiger charge is 2.26. The summed E-state index contributed by atoms with van der Waals surface area (Å²) in [6.07, 6.45) is 0. The van der Waals surface area contributed by atoms with Gasteiger partial charge in [0.1, 0.15) is 11.8 Å². The van der Waals surface area contributed by atoms with Crippen LogP contribution in [-0.2, 0) is 11.3 Å². The minimum absolute atomic E-state index is 0.140. The molecule has 5 heteroatoms. The Morgan fingerprint density at radius 2 is 1.81 bits per heavy atom. The summed E-state index contributed by atoms with van der Waals surface area (Å²) >= 11 is 0. The van der Waals surface area contributed by atoms with Crippen LogP contribution in [0.25, 0.3) is 0 Å². The Hall–Kier alpha value is -2.92. The van der Waals surface area contributed by atoms with Crippen LogP contribution >= 0.6 is 0 Å². The van der Waals surface area contributed by atoms with Gasteiger partial charge in [0.2, 0.25) is 5.91 Å². The molecule has 0 aliphatic heterocycles. The van der Waals surface area contributed by atoms with Gasteiger partial charge in [0.25, 0.3) is 0 Å². The van der Waals surface area contributed by atoms with Gasteiger partial charge in [-0.2, -0.15) is 0 Å². The number of anilines is 1. The van der Waals surface area contributed by atoms with Gasteiger partial charge in [-0.1, -0.05) is 65.3 Å². The average Bonchev–Trinajstić information content (AvgIpc) is 3.03. The second-order valence-electron chi connectivity index (χ2n) is 6.53. The predicted octanol–water partition coefficient (Wildman–Crippen LogP) is 4.10. The number of likely N-dealkylation sites (N-methyl/N-ethyl adjacent to an activating group) is 1. The van der Waals surface area contributed by atoms with Crippen molar-refractivity contribution in [3.63, 3.8) is 0 Å². The Bertz CT molecular complexity index is 856. The van der Waals surface area contributed by atoms with Gasteiger partial charge in [0, 0.05) is 12.6 Å². The molecule has 0 fully saturated rings. The summed E-state index contributed by atoms with van der Waals surface area (Å²) in [5.74, 6) is 0.945. The van der Waals surface area contributed by atoms with Crippen LogP contribution in [0, 0.1) is 13.8 Å². The molecule has 3 rings (SSSR count). The molecule has 26 heavy (non-hydrogen) atoms. The lowest BCUT2D eigenvalue weighted by Gasteiger charge is -2.27. The highest BCUT2D eigenvalue weighted by molar-refractivity contribution is 5.94. The highest BCUT2D eigenvalue weighted by Crippen LogP contribution is 2.23. The number of aryl methyl sites for hydroxylation is 2. The number of amides is 1. The van der Waals surface area contributed by atoms with Crippen LogP contribution in [0.5, 0.6) is 0 Å². The Morgan fingerprint density at radius 3 is 2.42 bits per heavy atom. The maximum absolute atomic E-state index is 13.0. The number of carbonyl (C=O) groups is 1. The fraction of sp³-hybridized carbons (Fsp3) is 0.238. The van der Waals surface area contributed by atoms with E-state index < -0.39 is 6.04 Å². The van der Waals surface area contributed by atoms with E-state index in [2.05, 4.69) is 41.7 Å². The monoisotopic (exact) mass is 349 g/mol. The van der Waals surface area contributed by atoms with Crippen LogP contribution in [0.1, 0.15) is 28.5 Å². The first kappa shape index (κ1) is 17.9. The standard InChI is InChI=1S/C21H23N3O2/c1-15-9-11-17(12-10-15)14-24(3)20(18-7-5-4-6-8-18)21(25)22-19-13-16(2)26-23-19/h4-13,20H,14H2,1-3H3,(H,22,23,25). The van der Waals surface area contributed by atoms with Crippen molar-refractivity contribution in [2.45, 2.75) is 26.4 Å². The second kappa shape index (κ2) is 7.97. The average molecular weight is 349 g/mol. The predicted molar refractivity (Wildman–Crippen MR) is 102 cm³/mol. The van der Waals surface area contributed by atoms with Gasteiger partial charge in [0.05, 0.1) is 0 Å². The smallest absolute Gasteiger partial charge is 0.247 e. The van der Waals surface area contributed by atoms with Gasteiger partial charge >= 0.3 is 0 Å². The van der Waals surface area contributed by atoms with E-state index >= 15 is 0 Å². The van der Waals surface area contributed by atoms with Crippen molar-refractivity contribution in [3.8, 4) is 0 Å². The largest absolute Gasteiger partial charge is 0.360 e. The van der Waals surface area contributed by atoms with Gasteiger partial charge in [0.15, 0.2) is 5.82 Å². The number of hydrogen-bond acceptors (Lipinski definition) is 4. The van der Waals surface area contributed by atoms with Gasteiger partial charge in [-0.25, -0.2) is 0 Å². The number of aromatic nitrogens is 1. The molecule has 0 bridgehead atoms. The van der Waals surface area contributed by atoms with Crippen molar-refractivity contribution in [1.82, 2.24) is 10.1 Å². The maximum Gasteiger partial charge on any atom is 0.247 e. The number of hydrogen-bond donors (Lipinski definition) is 1. The third-order valence-corrected chi connectivity index (χ3v) is 4.24. The van der Waals surface area contributed by atoms with Gasteiger partial charge in [-0.15, -0.1) is 0 Å². The van der Waals surface area contributed by atoms with Crippen LogP contribution in [0.2, 0.25) is 0 Å². The van der Waals surface area contributed by atoms with Crippen molar-refractivity contribution >= 4 is 11.7 Å². The summed E-state index contributed by atoms with van der Waals surface area (Å²) in [6, 6.07) is 19.4. The van der Waals surface area contributed by atoms with Crippen molar-refractivity contribution in [2.75, 3.05) is 12.4 Å². The zero-order valence-electron chi connectivity index (χ0n) is 15.3. The lowest BCUT2D eigenvalue weighted by Crippen LogP contribution is -2.34. The lowest BCUT2D eigenvalue weighted by atomic mass is 10.0. The van der Waals surface area contributed by atoms with Crippen LogP contribution < -0.4 is 5.32 Å². The fourth-order valence-electron chi connectivity index (χ4n) is 2.93. The van der Waals surface area contributed by atoms with Crippen LogP contribution in [-0.4, -0.2) is 23.0 Å². The third kappa shape index (κ3) is 4.37. The highest BCUT2D eigenvalue weighted by atomic mass is 16.5. The first-order valence-corrected chi connectivity index (χ1v) is 8.58. The molecule has 1 heterocycles. The molecule has 0 aliphatic rings. The minimum atomic E-state index is -0.436. The third-order valence-electron chi connectivity index (χ3n) is 4.24. The van der Waals surface area contributed by atoms with Crippen molar-refractivity contribution in [1.29, 1.82) is 0 Å². The second-order valence-corrected chi connectivity index (χ2v) is 6.53. The van der Waals surface area contributed by atoms with E-state index in [1.165, 1.54) is 5.56 Å². The molecule has 1 atom stereocenters. The zero-order chi connectivity index (χ0) is 18.5. The van der Waals surface area contributed by atoms with Crippen LogP contribution in [0.3, 0.4) is 0 Å². The Morgan fingerprint density at radius 1 is 1.12 bits per heavy atom. The number of nitrogens with one attached hydrogen (secondary N) is 1. The minimum Gasteiger partial charge on any atom is -0.360 e. The molecule has 0 saturated heterocycles. The zero-order valence-corrected chi connectivity index (χ0v) is 15.3. The number of carbonyl (C=O) groups excluding carboxylic acids is 1. The quantitative estimate of drug-likeness (QED) is 0.728. The van der Waals surface area contributed by atoms with E-state index in [0.717, 1.165) is 11.1 Å². The molecular formula is C21H23N3O2. The van der Waals surface area contributed by atoms with E-state index in [1.807, 2.05) is 42.3 Å². The summed E-state index contributed by atoms with van der Waals surface area (Å²) in [4.78, 5) is 15.0. The first-order chi connectivity index (χ1) is 12.5. The van der Waals surface area contributed by atoms with Crippen molar-refractivity contribution in [3.05, 3.63) is 83.1 Å². The molecule has 0 radical (unpaired) electrons. The molecular weight excluding hydrogens is 326 g/mol. The molecule has 3 aromatic rings. The fourth-order valence-corrected chi connectivity index (χ4v) is 2.93. The number of nitrogens with zero attached hydrogens (tertiary/aromatic N) is 2. The molecule has 134 valence electrons. The van der Waals surface area contributed by atoms with Crippen LogP contribution in [0.15, 0.2) is 65.2 Å². The van der Waals surface area contributed by atoms with Crippen LogP contribution in [0.4, 0.5) is 5.82 Å². The summed E-state index contributed by atoms with van der Waals surface area (Å²) in [5, 5.41) is 6.71. The van der Waals surface area contributed by atoms with Gasteiger partial charge in [-0.05, 0) is 32.0 Å². The molecule has 0 spiro atoms. The Labute approximate surface area is 153 Å². The molecule has 1 aromatic heterocycles. The maximum atomic E-state index is 13.0. The van der Waals surface area contributed by atoms with E-state index in [-0.39, 0.29) is 5.91 Å². The normalized spacial score (nSPS) is 12.2. The summed E-state index contributed by atoms with van der Waals surface area (Å²) in [7, 11) is 1.95. The van der Waals surface area contributed by atoms with Crippen molar-refractivity contribution in [2.24, 2.45) is 0 Å². The number of benzene rings is 2. The van der Waals surface area contributed by atoms with E-state index in [4.69, 9.17) is 4.52 Å². The van der Waals surface area contributed by atoms with Gasteiger partial charge < -0.3 is 9.84 Å². The molecule has 2 aromatic carbocycles. The van der Waals surface area contributed by atoms with E-state index in [0.29, 0.717) is 18.1 Å². The molecule has 1 N–H and O–H groups in total. The molecule has 0 saturated carbocycles. The van der Waals surface area contributed by atoms with Gasteiger partial charge in [-0.3, -0.25) is 9.69 Å². The summed E-state index contributed by atoms with van der Waals surface area (Å²) < 4.78 is 5.04. The SMILES string of the molecule is Cc1ccc(CN(C)C(C(=O)Nc2cc(C)on2)c2ccccc2)cc1. The molecule has 1 amide bonds. The Kier molecular flexibility index (Phi) is 5.49. The Balaban J connectivity index is 1.82. The van der Waals surface area contributed by atoms with E-state index in [9.17, 15) is 4.79 Å². The van der Waals surface area contributed by atoms with Crippen molar-refractivity contribution < 1.29 is 9.32 Å². The molecule has 5 nitrogen and oxygen atoms in total. The molecule has 1 unspecified atom stereocenters. The summed E-state index contributed by atoms with van der Waals surface area (Å²) in [6.45, 7) is 4.51. The lowest BCUT2D eigenvalue weighted by molar-refractivity contribution is -0.121. The van der Waals surface area contributed by atoms with E-state index in [1.54, 1.807) is 13.0 Å². The summed E-state index contributed by atoms with van der Waals surface area (Å²) in [5.41, 5.74) is 3.30.